The number of carboxylic acids is 1. The van der Waals surface area contributed by atoms with Gasteiger partial charge in [0.15, 0.2) is 0 Å². The maximum atomic E-state index is 13.0. The van der Waals surface area contributed by atoms with E-state index in [4.69, 9.17) is 9.84 Å². The highest BCUT2D eigenvalue weighted by atomic mass is 19.3. The third-order valence-corrected chi connectivity index (χ3v) is 5.63. The second-order valence-electron chi connectivity index (χ2n) is 7.86. The highest BCUT2D eigenvalue weighted by Gasteiger charge is 2.31. The summed E-state index contributed by atoms with van der Waals surface area (Å²) >= 11 is 0. The number of carbonyl (C=O) groups is 3. The van der Waals surface area contributed by atoms with Gasteiger partial charge in [-0.05, 0) is 28.7 Å². The molecule has 0 bridgehead atoms. The number of hydrogen-bond donors (Lipinski definition) is 3. The lowest BCUT2D eigenvalue weighted by molar-refractivity contribution is -0.137. The van der Waals surface area contributed by atoms with Gasteiger partial charge >= 0.3 is 12.1 Å². The molecular formula is C24H26F2N2O5. The Balaban J connectivity index is 1.65. The van der Waals surface area contributed by atoms with Crippen LogP contribution in [-0.4, -0.2) is 48.2 Å². The summed E-state index contributed by atoms with van der Waals surface area (Å²) in [7, 11) is 0. The number of halogens is 2. The topological polar surface area (TPSA) is 105 Å². The number of amides is 2. The SMILES string of the molecule is CC[C@H](CC(=O)O)NC(=O)C(CC(F)F)NC(=O)OCC1c2ccccc2-c2ccccc21. The summed E-state index contributed by atoms with van der Waals surface area (Å²) < 4.78 is 31.4. The van der Waals surface area contributed by atoms with Crippen LogP contribution in [0.5, 0.6) is 0 Å². The Morgan fingerprint density at radius 3 is 2.09 bits per heavy atom. The highest BCUT2D eigenvalue weighted by molar-refractivity contribution is 5.86. The van der Waals surface area contributed by atoms with Crippen molar-refractivity contribution in [1.82, 2.24) is 10.6 Å². The van der Waals surface area contributed by atoms with Gasteiger partial charge in [-0.3, -0.25) is 9.59 Å². The molecule has 3 N–H and O–H groups in total. The Labute approximate surface area is 190 Å². The summed E-state index contributed by atoms with van der Waals surface area (Å²) in [5, 5.41) is 13.5. The second-order valence-corrected chi connectivity index (χ2v) is 7.86. The van der Waals surface area contributed by atoms with E-state index in [1.54, 1.807) is 6.92 Å². The van der Waals surface area contributed by atoms with Crippen molar-refractivity contribution in [2.45, 2.75) is 50.6 Å². The van der Waals surface area contributed by atoms with Gasteiger partial charge in [0.05, 0.1) is 6.42 Å². The number of benzene rings is 2. The summed E-state index contributed by atoms with van der Waals surface area (Å²) in [4.78, 5) is 35.7. The minimum atomic E-state index is -2.85. The van der Waals surface area contributed by atoms with E-state index in [-0.39, 0.29) is 18.9 Å². The van der Waals surface area contributed by atoms with Crippen LogP contribution < -0.4 is 10.6 Å². The van der Waals surface area contributed by atoms with Crippen LogP contribution in [0, 0.1) is 0 Å². The molecule has 1 unspecified atom stereocenters. The first kappa shape index (κ1) is 24.2. The number of fused-ring (bicyclic) bond motifs is 3. The maximum Gasteiger partial charge on any atom is 0.407 e. The summed E-state index contributed by atoms with van der Waals surface area (Å²) in [6, 6.07) is 13.2. The lowest BCUT2D eigenvalue weighted by Crippen LogP contribution is -2.50. The molecule has 2 atom stereocenters. The molecule has 3 rings (SSSR count). The molecule has 9 heteroatoms. The van der Waals surface area contributed by atoms with Gasteiger partial charge in [0.25, 0.3) is 0 Å². The largest absolute Gasteiger partial charge is 0.481 e. The lowest BCUT2D eigenvalue weighted by Gasteiger charge is -2.22. The molecule has 1 aliphatic carbocycles. The number of carbonyl (C=O) groups excluding carboxylic acids is 2. The first-order valence-corrected chi connectivity index (χ1v) is 10.7. The molecule has 0 aliphatic heterocycles. The van der Waals surface area contributed by atoms with E-state index in [2.05, 4.69) is 10.6 Å². The molecule has 0 fully saturated rings. The number of ether oxygens (including phenoxy) is 1. The van der Waals surface area contributed by atoms with E-state index >= 15 is 0 Å². The van der Waals surface area contributed by atoms with Gasteiger partial charge in [-0.25, -0.2) is 13.6 Å². The van der Waals surface area contributed by atoms with Crippen molar-refractivity contribution in [3.05, 3.63) is 59.7 Å². The van der Waals surface area contributed by atoms with E-state index in [0.717, 1.165) is 22.3 Å². The molecular weight excluding hydrogens is 434 g/mol. The van der Waals surface area contributed by atoms with Gasteiger partial charge in [-0.1, -0.05) is 55.5 Å². The van der Waals surface area contributed by atoms with Crippen molar-refractivity contribution in [3.8, 4) is 11.1 Å². The minimum absolute atomic E-state index is 0.0283. The predicted molar refractivity (Wildman–Crippen MR) is 117 cm³/mol. The van der Waals surface area contributed by atoms with Crippen LogP contribution in [0.1, 0.15) is 43.2 Å². The molecule has 33 heavy (non-hydrogen) atoms. The van der Waals surface area contributed by atoms with Crippen molar-refractivity contribution in [2.24, 2.45) is 0 Å². The molecule has 0 aromatic heterocycles. The van der Waals surface area contributed by atoms with Gasteiger partial charge in [-0.2, -0.15) is 0 Å². The van der Waals surface area contributed by atoms with Crippen molar-refractivity contribution in [2.75, 3.05) is 6.61 Å². The Morgan fingerprint density at radius 2 is 1.58 bits per heavy atom. The Morgan fingerprint density at radius 1 is 1.00 bits per heavy atom. The van der Waals surface area contributed by atoms with Crippen LogP contribution in [0.4, 0.5) is 13.6 Å². The minimum Gasteiger partial charge on any atom is -0.481 e. The van der Waals surface area contributed by atoms with E-state index in [0.29, 0.717) is 6.42 Å². The Hall–Kier alpha value is -3.49. The summed E-state index contributed by atoms with van der Waals surface area (Å²) in [6.07, 6.45) is -4.82. The third-order valence-electron chi connectivity index (χ3n) is 5.63. The van der Waals surface area contributed by atoms with Gasteiger partial charge in [-0.15, -0.1) is 0 Å². The van der Waals surface area contributed by atoms with Gasteiger partial charge in [0.1, 0.15) is 12.6 Å². The number of aliphatic carboxylic acids is 1. The third kappa shape index (κ3) is 6.06. The number of nitrogens with one attached hydrogen (secondary N) is 2. The Bertz CT molecular complexity index is 968. The molecule has 0 spiro atoms. The van der Waals surface area contributed by atoms with Crippen molar-refractivity contribution in [3.63, 3.8) is 0 Å². The summed E-state index contributed by atoms with van der Waals surface area (Å²) in [5.74, 6) is -2.22. The van der Waals surface area contributed by atoms with Crippen LogP contribution in [0.2, 0.25) is 0 Å². The van der Waals surface area contributed by atoms with Gasteiger partial charge in [0, 0.05) is 18.4 Å². The second kappa shape index (κ2) is 10.9. The zero-order valence-corrected chi connectivity index (χ0v) is 18.1. The monoisotopic (exact) mass is 460 g/mol. The zero-order chi connectivity index (χ0) is 24.0. The van der Waals surface area contributed by atoms with Crippen molar-refractivity contribution < 1.29 is 33.0 Å². The number of rotatable bonds is 10. The predicted octanol–water partition coefficient (Wildman–Crippen LogP) is 3.92. The fraction of sp³-hybridized carbons (Fsp3) is 0.375. The zero-order valence-electron chi connectivity index (χ0n) is 18.1. The average Bonchev–Trinajstić information content (AvgIpc) is 3.10. The number of hydrogen-bond acceptors (Lipinski definition) is 4. The van der Waals surface area contributed by atoms with Crippen LogP contribution in [0.3, 0.4) is 0 Å². The molecule has 176 valence electrons. The molecule has 2 aromatic rings. The molecule has 0 heterocycles. The lowest BCUT2D eigenvalue weighted by atomic mass is 9.98. The van der Waals surface area contributed by atoms with Crippen molar-refractivity contribution in [1.29, 1.82) is 0 Å². The van der Waals surface area contributed by atoms with Gasteiger partial charge < -0.3 is 20.5 Å². The standard InChI is InChI=1S/C24H26F2N2O5/c1-2-14(11-22(29)30)27-23(31)20(12-21(25)26)28-24(32)33-13-19-17-9-5-3-7-15(17)16-8-4-6-10-18(16)19/h3-10,14,19-21H,2,11-13H2,1H3,(H,27,31)(H,28,32)(H,29,30)/t14-,20?/m1/s1. The van der Waals surface area contributed by atoms with E-state index in [9.17, 15) is 23.2 Å². The average molecular weight is 460 g/mol. The molecule has 2 aromatic carbocycles. The van der Waals surface area contributed by atoms with Crippen LogP contribution in [0.25, 0.3) is 11.1 Å². The summed E-state index contributed by atoms with van der Waals surface area (Å²) in [5.41, 5.74) is 4.07. The molecule has 0 saturated heterocycles. The van der Waals surface area contributed by atoms with Crippen LogP contribution in [0.15, 0.2) is 48.5 Å². The fourth-order valence-electron chi connectivity index (χ4n) is 4.00. The van der Waals surface area contributed by atoms with Gasteiger partial charge in [0.2, 0.25) is 12.3 Å². The van der Waals surface area contributed by atoms with Crippen LogP contribution >= 0.6 is 0 Å². The number of alkyl halides is 2. The molecule has 2 amide bonds. The van der Waals surface area contributed by atoms with E-state index < -0.39 is 42.9 Å². The first-order chi connectivity index (χ1) is 15.8. The highest BCUT2D eigenvalue weighted by Crippen LogP contribution is 2.44. The quantitative estimate of drug-likeness (QED) is 0.499. The summed E-state index contributed by atoms with van der Waals surface area (Å²) in [6.45, 7) is 1.63. The smallest absolute Gasteiger partial charge is 0.407 e. The maximum absolute atomic E-state index is 13.0. The van der Waals surface area contributed by atoms with E-state index in [1.165, 1.54) is 0 Å². The number of carboxylic acid groups (broad SMARTS) is 1. The normalized spacial score (nSPS) is 14.2. The molecule has 0 radical (unpaired) electrons. The van der Waals surface area contributed by atoms with Crippen molar-refractivity contribution >= 4 is 18.0 Å². The molecule has 0 saturated carbocycles. The van der Waals surface area contributed by atoms with Crippen LogP contribution in [-0.2, 0) is 14.3 Å². The first-order valence-electron chi connectivity index (χ1n) is 10.7. The molecule has 7 nitrogen and oxygen atoms in total. The molecule has 1 aliphatic rings. The fourth-order valence-corrected chi connectivity index (χ4v) is 4.00. The van der Waals surface area contributed by atoms with E-state index in [1.807, 2.05) is 48.5 Å². The Kier molecular flexibility index (Phi) is 7.97. The number of alkyl carbamates (subject to hydrolysis) is 1.